The van der Waals surface area contributed by atoms with Gasteiger partial charge in [-0.2, -0.15) is 4.68 Å². The molecule has 0 unspecified atom stereocenters. The second-order valence-electron chi connectivity index (χ2n) is 5.14. The van der Waals surface area contributed by atoms with E-state index in [0.717, 1.165) is 0 Å². The van der Waals surface area contributed by atoms with Crippen LogP contribution in [0.15, 0.2) is 40.9 Å². The van der Waals surface area contributed by atoms with Gasteiger partial charge in [-0.15, -0.1) is 16.4 Å². The number of nitrogens with two attached hydrogens (primary N) is 1. The summed E-state index contributed by atoms with van der Waals surface area (Å²) >= 11 is 2.40. The summed E-state index contributed by atoms with van der Waals surface area (Å²) in [7, 11) is 0. The Hall–Kier alpha value is -2.92. The van der Waals surface area contributed by atoms with Crippen molar-refractivity contribution in [1.29, 1.82) is 0 Å². The van der Waals surface area contributed by atoms with Crippen LogP contribution in [0.2, 0.25) is 0 Å². The maximum atomic E-state index is 12.2. The minimum absolute atomic E-state index is 0.0628. The third kappa shape index (κ3) is 4.44. The van der Waals surface area contributed by atoms with Crippen LogP contribution in [-0.2, 0) is 4.79 Å². The number of ether oxygens (including phenoxy) is 1. The molecule has 11 heteroatoms. The zero-order valence-corrected chi connectivity index (χ0v) is 15.9. The molecular formula is C16H16N6O3S2. The first-order chi connectivity index (χ1) is 13.1. The molecule has 0 saturated carbocycles. The topological polar surface area (TPSA) is 125 Å². The first-order valence-corrected chi connectivity index (χ1v) is 9.77. The number of thiophene rings is 1. The van der Waals surface area contributed by atoms with Gasteiger partial charge in [-0.3, -0.25) is 9.59 Å². The lowest BCUT2D eigenvalue weighted by Crippen LogP contribution is -2.18. The number of amides is 2. The lowest BCUT2D eigenvalue weighted by Gasteiger charge is -2.10. The Labute approximate surface area is 162 Å². The van der Waals surface area contributed by atoms with E-state index in [1.54, 1.807) is 11.4 Å². The fourth-order valence-corrected chi connectivity index (χ4v) is 3.72. The lowest BCUT2D eigenvalue weighted by atomic mass is 10.3. The van der Waals surface area contributed by atoms with Crippen molar-refractivity contribution in [3.63, 3.8) is 0 Å². The number of tetrazole rings is 1. The summed E-state index contributed by atoms with van der Waals surface area (Å²) in [5.74, 6) is -0.177. The standard InChI is InChI=1S/C16H16N6O3S2/c1-2-25-12-6-4-3-5-11(12)22-16(19-20-21-22)27-9-13(23)18-15-10(14(17)24)7-8-26-15/h3-8H,2,9H2,1H3,(H2,17,24)(H,18,23). The third-order valence-electron chi connectivity index (χ3n) is 3.35. The van der Waals surface area contributed by atoms with Gasteiger partial charge in [0.1, 0.15) is 16.4 Å². The highest BCUT2D eigenvalue weighted by Gasteiger charge is 2.16. The molecule has 2 heterocycles. The van der Waals surface area contributed by atoms with Crippen LogP contribution in [0.5, 0.6) is 5.75 Å². The zero-order chi connectivity index (χ0) is 19.2. The van der Waals surface area contributed by atoms with Crippen molar-refractivity contribution in [1.82, 2.24) is 20.2 Å². The van der Waals surface area contributed by atoms with Crippen molar-refractivity contribution in [2.75, 3.05) is 17.7 Å². The molecule has 0 spiro atoms. The molecule has 9 nitrogen and oxygen atoms in total. The van der Waals surface area contributed by atoms with Crippen molar-refractivity contribution in [2.24, 2.45) is 5.73 Å². The Balaban J connectivity index is 1.70. The maximum absolute atomic E-state index is 12.2. The normalized spacial score (nSPS) is 10.6. The lowest BCUT2D eigenvalue weighted by molar-refractivity contribution is -0.113. The summed E-state index contributed by atoms with van der Waals surface area (Å²) in [6, 6.07) is 8.93. The fourth-order valence-electron chi connectivity index (χ4n) is 2.22. The van der Waals surface area contributed by atoms with Gasteiger partial charge in [0, 0.05) is 0 Å². The molecule has 2 aromatic heterocycles. The number of benzene rings is 1. The van der Waals surface area contributed by atoms with E-state index in [1.807, 2.05) is 31.2 Å². The molecule has 2 amide bonds. The minimum atomic E-state index is -0.587. The van der Waals surface area contributed by atoms with Crippen LogP contribution < -0.4 is 15.8 Å². The average molecular weight is 404 g/mol. The number of thioether (sulfide) groups is 1. The van der Waals surface area contributed by atoms with E-state index < -0.39 is 5.91 Å². The number of primary amides is 1. The molecule has 3 rings (SSSR count). The first-order valence-electron chi connectivity index (χ1n) is 7.90. The molecular weight excluding hydrogens is 388 g/mol. The number of hydrogen-bond acceptors (Lipinski definition) is 8. The molecule has 3 N–H and O–H groups in total. The van der Waals surface area contributed by atoms with Crippen molar-refractivity contribution >= 4 is 39.9 Å². The monoisotopic (exact) mass is 404 g/mol. The number of para-hydroxylation sites is 2. The highest BCUT2D eigenvalue weighted by atomic mass is 32.2. The highest BCUT2D eigenvalue weighted by molar-refractivity contribution is 7.99. The molecule has 0 atom stereocenters. The van der Waals surface area contributed by atoms with Crippen LogP contribution in [0.3, 0.4) is 0 Å². The van der Waals surface area contributed by atoms with Gasteiger partial charge >= 0.3 is 0 Å². The molecule has 0 bridgehead atoms. The second kappa shape index (κ2) is 8.64. The van der Waals surface area contributed by atoms with Gasteiger partial charge in [-0.1, -0.05) is 23.9 Å². The van der Waals surface area contributed by atoms with E-state index in [-0.39, 0.29) is 17.2 Å². The predicted molar refractivity (Wildman–Crippen MR) is 103 cm³/mol. The van der Waals surface area contributed by atoms with Crippen molar-refractivity contribution < 1.29 is 14.3 Å². The average Bonchev–Trinajstić information content (AvgIpc) is 3.30. The number of carbonyl (C=O) groups excluding carboxylic acids is 2. The summed E-state index contributed by atoms with van der Waals surface area (Å²) in [4.78, 5) is 23.5. The Kier molecular flexibility index (Phi) is 6.04. The smallest absolute Gasteiger partial charge is 0.251 e. The summed E-state index contributed by atoms with van der Waals surface area (Å²) < 4.78 is 7.12. The number of rotatable bonds is 8. The molecule has 0 aliphatic rings. The number of anilines is 1. The van der Waals surface area contributed by atoms with E-state index in [1.165, 1.54) is 27.8 Å². The SMILES string of the molecule is CCOc1ccccc1-n1nnnc1SCC(=O)Nc1sccc1C(N)=O. The number of aromatic nitrogens is 4. The van der Waals surface area contributed by atoms with Gasteiger partial charge in [-0.05, 0) is 40.9 Å². The van der Waals surface area contributed by atoms with Gasteiger partial charge in [0.25, 0.3) is 5.91 Å². The first kappa shape index (κ1) is 18.9. The molecule has 3 aromatic rings. The Morgan fingerprint density at radius 1 is 1.33 bits per heavy atom. The Bertz CT molecular complexity index is 955. The Morgan fingerprint density at radius 3 is 2.93 bits per heavy atom. The van der Waals surface area contributed by atoms with E-state index in [9.17, 15) is 9.59 Å². The molecule has 0 saturated heterocycles. The molecule has 140 valence electrons. The van der Waals surface area contributed by atoms with Crippen molar-refractivity contribution in [3.8, 4) is 11.4 Å². The predicted octanol–water partition coefficient (Wildman–Crippen LogP) is 1.95. The van der Waals surface area contributed by atoms with Crippen molar-refractivity contribution in [2.45, 2.75) is 12.1 Å². The molecule has 0 aliphatic carbocycles. The van der Waals surface area contributed by atoms with Gasteiger partial charge in [-0.25, -0.2) is 0 Å². The van der Waals surface area contributed by atoms with Gasteiger partial charge in [0.2, 0.25) is 11.1 Å². The number of nitrogens with zero attached hydrogens (tertiary/aromatic N) is 4. The highest BCUT2D eigenvalue weighted by Crippen LogP contribution is 2.27. The van der Waals surface area contributed by atoms with Gasteiger partial charge < -0.3 is 15.8 Å². The van der Waals surface area contributed by atoms with Gasteiger partial charge in [0.15, 0.2) is 0 Å². The van der Waals surface area contributed by atoms with Crippen LogP contribution in [0, 0.1) is 0 Å². The third-order valence-corrected chi connectivity index (χ3v) is 5.10. The molecule has 1 aromatic carbocycles. The summed E-state index contributed by atoms with van der Waals surface area (Å²) in [5.41, 5.74) is 6.25. The van der Waals surface area contributed by atoms with Crippen LogP contribution in [0.25, 0.3) is 5.69 Å². The van der Waals surface area contributed by atoms with E-state index >= 15 is 0 Å². The fraction of sp³-hybridized carbons (Fsp3) is 0.188. The number of carbonyl (C=O) groups is 2. The maximum Gasteiger partial charge on any atom is 0.251 e. The van der Waals surface area contributed by atoms with E-state index in [4.69, 9.17) is 10.5 Å². The second-order valence-corrected chi connectivity index (χ2v) is 7.00. The van der Waals surface area contributed by atoms with Crippen molar-refractivity contribution in [3.05, 3.63) is 41.3 Å². The largest absolute Gasteiger partial charge is 0.492 e. The summed E-state index contributed by atoms with van der Waals surface area (Å²) in [6.07, 6.45) is 0. The van der Waals surface area contributed by atoms with Crippen LogP contribution in [0.4, 0.5) is 5.00 Å². The number of nitrogens with one attached hydrogen (secondary N) is 1. The summed E-state index contributed by atoms with van der Waals surface area (Å²) in [5, 5.41) is 16.9. The molecule has 27 heavy (non-hydrogen) atoms. The quantitative estimate of drug-likeness (QED) is 0.550. The van der Waals surface area contributed by atoms with Crippen LogP contribution >= 0.6 is 23.1 Å². The number of hydrogen-bond donors (Lipinski definition) is 2. The van der Waals surface area contributed by atoms with Crippen LogP contribution in [0.1, 0.15) is 17.3 Å². The molecule has 0 radical (unpaired) electrons. The zero-order valence-electron chi connectivity index (χ0n) is 14.3. The Morgan fingerprint density at radius 2 is 2.15 bits per heavy atom. The molecule has 0 fully saturated rings. The minimum Gasteiger partial charge on any atom is -0.492 e. The summed E-state index contributed by atoms with van der Waals surface area (Å²) in [6.45, 7) is 2.40. The van der Waals surface area contributed by atoms with E-state index in [0.29, 0.717) is 28.2 Å². The van der Waals surface area contributed by atoms with Gasteiger partial charge in [0.05, 0.1) is 17.9 Å². The van der Waals surface area contributed by atoms with Crippen LogP contribution in [-0.4, -0.2) is 44.4 Å². The van der Waals surface area contributed by atoms with E-state index in [2.05, 4.69) is 20.8 Å². The molecule has 0 aliphatic heterocycles.